The molecule has 0 unspecified atom stereocenters. The summed E-state index contributed by atoms with van der Waals surface area (Å²) in [6.45, 7) is 6.04. The molecule has 0 heterocycles. The van der Waals surface area contributed by atoms with Gasteiger partial charge >= 0.3 is 0 Å². The second-order valence-electron chi connectivity index (χ2n) is 4.81. The van der Waals surface area contributed by atoms with E-state index >= 15 is 0 Å². The van der Waals surface area contributed by atoms with Crippen molar-refractivity contribution in [2.45, 2.75) is 6.92 Å². The first-order chi connectivity index (χ1) is 10.7. The highest BCUT2D eigenvalue weighted by molar-refractivity contribution is 6.02. The van der Waals surface area contributed by atoms with Crippen LogP contribution in [0.4, 0.5) is 5.69 Å². The van der Waals surface area contributed by atoms with Gasteiger partial charge in [0, 0.05) is 11.8 Å². The van der Waals surface area contributed by atoms with Crippen molar-refractivity contribution in [3.05, 3.63) is 78.4 Å². The van der Waals surface area contributed by atoms with E-state index in [1.54, 1.807) is 12.2 Å². The van der Waals surface area contributed by atoms with Crippen molar-refractivity contribution in [1.29, 1.82) is 0 Å². The minimum atomic E-state index is -0.152. The van der Waals surface area contributed by atoms with E-state index in [-0.39, 0.29) is 5.91 Å². The molecule has 0 atom stereocenters. The summed E-state index contributed by atoms with van der Waals surface area (Å²) >= 11 is 0. The molecule has 0 aliphatic heterocycles. The summed E-state index contributed by atoms with van der Waals surface area (Å²) in [4.78, 5) is 11.9. The number of hydrogen-bond acceptors (Lipinski definition) is 2. The maximum absolute atomic E-state index is 11.9. The Labute approximate surface area is 130 Å². The number of para-hydroxylation sites is 1. The van der Waals surface area contributed by atoms with E-state index in [2.05, 4.69) is 11.9 Å². The number of hydrogen-bond donors (Lipinski definition) is 1. The first-order valence-electron chi connectivity index (χ1n) is 7.07. The number of aryl methyl sites for hydroxylation is 1. The Kier molecular flexibility index (Phi) is 5.55. The second-order valence-corrected chi connectivity index (χ2v) is 4.81. The lowest BCUT2D eigenvalue weighted by Crippen LogP contribution is -2.08. The quantitative estimate of drug-likeness (QED) is 0.640. The van der Waals surface area contributed by atoms with Crippen molar-refractivity contribution in [1.82, 2.24) is 0 Å². The van der Waals surface area contributed by atoms with Gasteiger partial charge in [0.1, 0.15) is 12.4 Å². The zero-order chi connectivity index (χ0) is 15.8. The van der Waals surface area contributed by atoms with Crippen molar-refractivity contribution < 1.29 is 9.53 Å². The SMILES string of the molecule is C=CCOc1ccc(/C=C/C(=O)Nc2ccccc2C)cc1. The second kappa shape index (κ2) is 7.84. The summed E-state index contributed by atoms with van der Waals surface area (Å²) < 4.78 is 5.41. The summed E-state index contributed by atoms with van der Waals surface area (Å²) in [7, 11) is 0. The zero-order valence-electron chi connectivity index (χ0n) is 12.6. The lowest BCUT2D eigenvalue weighted by molar-refractivity contribution is -0.111. The smallest absolute Gasteiger partial charge is 0.248 e. The molecular weight excluding hydrogens is 274 g/mol. The topological polar surface area (TPSA) is 38.3 Å². The molecule has 3 nitrogen and oxygen atoms in total. The van der Waals surface area contributed by atoms with Crippen LogP contribution in [-0.4, -0.2) is 12.5 Å². The molecule has 0 saturated heterocycles. The Morgan fingerprint density at radius 2 is 1.91 bits per heavy atom. The standard InChI is InChI=1S/C19H19NO2/c1-3-14-22-17-11-8-16(9-12-17)10-13-19(21)20-18-7-5-4-6-15(18)2/h3-13H,1,14H2,2H3,(H,20,21)/b13-10+. The maximum Gasteiger partial charge on any atom is 0.248 e. The van der Waals surface area contributed by atoms with Gasteiger partial charge in [-0.2, -0.15) is 0 Å². The average molecular weight is 293 g/mol. The molecule has 0 aromatic heterocycles. The van der Waals surface area contributed by atoms with Crippen LogP contribution in [0.15, 0.2) is 67.3 Å². The lowest BCUT2D eigenvalue weighted by atomic mass is 10.2. The number of amides is 1. The first-order valence-corrected chi connectivity index (χ1v) is 7.07. The number of anilines is 1. The molecule has 0 fully saturated rings. The molecule has 3 heteroatoms. The molecule has 2 aromatic carbocycles. The minimum absolute atomic E-state index is 0.152. The highest BCUT2D eigenvalue weighted by Crippen LogP contribution is 2.15. The Hall–Kier alpha value is -2.81. The third-order valence-electron chi connectivity index (χ3n) is 3.08. The molecule has 1 N–H and O–H groups in total. The normalized spacial score (nSPS) is 10.4. The summed E-state index contributed by atoms with van der Waals surface area (Å²) in [5.41, 5.74) is 2.80. The van der Waals surface area contributed by atoms with Crippen molar-refractivity contribution in [3.63, 3.8) is 0 Å². The summed E-state index contributed by atoms with van der Waals surface area (Å²) in [6, 6.07) is 15.2. The van der Waals surface area contributed by atoms with Crippen LogP contribution < -0.4 is 10.1 Å². The number of benzene rings is 2. The number of ether oxygens (including phenoxy) is 1. The Morgan fingerprint density at radius 3 is 2.59 bits per heavy atom. The molecule has 22 heavy (non-hydrogen) atoms. The van der Waals surface area contributed by atoms with Crippen molar-refractivity contribution >= 4 is 17.7 Å². The largest absolute Gasteiger partial charge is 0.490 e. The predicted octanol–water partition coefficient (Wildman–Crippen LogP) is 4.21. The van der Waals surface area contributed by atoms with Crippen LogP contribution in [0.1, 0.15) is 11.1 Å². The third-order valence-corrected chi connectivity index (χ3v) is 3.08. The number of rotatable bonds is 6. The molecule has 2 aromatic rings. The van der Waals surface area contributed by atoms with E-state index in [1.165, 1.54) is 6.08 Å². The van der Waals surface area contributed by atoms with Crippen molar-refractivity contribution in [3.8, 4) is 5.75 Å². The van der Waals surface area contributed by atoms with Crippen LogP contribution in [0.25, 0.3) is 6.08 Å². The van der Waals surface area contributed by atoms with Crippen LogP contribution in [0.5, 0.6) is 5.75 Å². The first kappa shape index (κ1) is 15.6. The Balaban J connectivity index is 1.95. The molecule has 0 aliphatic carbocycles. The highest BCUT2D eigenvalue weighted by atomic mass is 16.5. The van der Waals surface area contributed by atoms with Gasteiger partial charge in [-0.05, 0) is 42.3 Å². The average Bonchev–Trinajstić information content (AvgIpc) is 2.54. The van der Waals surface area contributed by atoms with E-state index < -0.39 is 0 Å². The van der Waals surface area contributed by atoms with Crippen molar-refractivity contribution in [2.75, 3.05) is 11.9 Å². The number of carbonyl (C=O) groups excluding carboxylic acids is 1. The van der Waals surface area contributed by atoms with E-state index in [4.69, 9.17) is 4.74 Å². The van der Waals surface area contributed by atoms with Gasteiger partial charge in [0.25, 0.3) is 0 Å². The van der Waals surface area contributed by atoms with Gasteiger partial charge < -0.3 is 10.1 Å². The van der Waals surface area contributed by atoms with Crippen LogP contribution in [-0.2, 0) is 4.79 Å². The van der Waals surface area contributed by atoms with Gasteiger partial charge in [-0.1, -0.05) is 43.0 Å². The molecule has 0 spiro atoms. The van der Waals surface area contributed by atoms with Crippen molar-refractivity contribution in [2.24, 2.45) is 0 Å². The molecule has 2 rings (SSSR count). The predicted molar refractivity (Wildman–Crippen MR) is 91.0 cm³/mol. The molecule has 1 amide bonds. The fourth-order valence-corrected chi connectivity index (χ4v) is 1.89. The molecule has 0 aliphatic rings. The number of carbonyl (C=O) groups is 1. The zero-order valence-corrected chi connectivity index (χ0v) is 12.6. The minimum Gasteiger partial charge on any atom is -0.490 e. The van der Waals surface area contributed by atoms with Crippen LogP contribution >= 0.6 is 0 Å². The molecule has 112 valence electrons. The van der Waals surface area contributed by atoms with Crippen LogP contribution in [0.3, 0.4) is 0 Å². The van der Waals surface area contributed by atoms with Gasteiger partial charge in [-0.3, -0.25) is 4.79 Å². The van der Waals surface area contributed by atoms with E-state index in [0.717, 1.165) is 22.6 Å². The molecule has 0 saturated carbocycles. The summed E-state index contributed by atoms with van der Waals surface area (Å²) in [5, 5.41) is 2.86. The van der Waals surface area contributed by atoms with E-state index in [1.807, 2.05) is 55.5 Å². The van der Waals surface area contributed by atoms with Gasteiger partial charge in [0.05, 0.1) is 0 Å². The fourth-order valence-electron chi connectivity index (χ4n) is 1.89. The Morgan fingerprint density at radius 1 is 1.18 bits per heavy atom. The van der Waals surface area contributed by atoms with E-state index in [9.17, 15) is 4.79 Å². The molecular formula is C19H19NO2. The van der Waals surface area contributed by atoms with Crippen LogP contribution in [0, 0.1) is 6.92 Å². The Bertz CT molecular complexity index is 672. The van der Waals surface area contributed by atoms with Gasteiger partial charge in [-0.25, -0.2) is 0 Å². The summed E-state index contributed by atoms with van der Waals surface area (Å²) in [6.07, 6.45) is 4.99. The van der Waals surface area contributed by atoms with Gasteiger partial charge in [-0.15, -0.1) is 0 Å². The highest BCUT2D eigenvalue weighted by Gasteiger charge is 2.00. The molecule has 0 bridgehead atoms. The lowest BCUT2D eigenvalue weighted by Gasteiger charge is -2.05. The fraction of sp³-hybridized carbons (Fsp3) is 0.105. The van der Waals surface area contributed by atoms with E-state index in [0.29, 0.717) is 6.61 Å². The van der Waals surface area contributed by atoms with Gasteiger partial charge in [0.15, 0.2) is 0 Å². The summed E-state index contributed by atoms with van der Waals surface area (Å²) in [5.74, 6) is 0.627. The maximum atomic E-state index is 11.9. The van der Waals surface area contributed by atoms with Crippen LogP contribution in [0.2, 0.25) is 0 Å². The monoisotopic (exact) mass is 293 g/mol. The van der Waals surface area contributed by atoms with Gasteiger partial charge in [0.2, 0.25) is 5.91 Å². The third kappa shape index (κ3) is 4.63. The molecule has 0 radical (unpaired) electrons. The number of nitrogens with one attached hydrogen (secondary N) is 1.